The third-order valence-electron chi connectivity index (χ3n) is 5.20. The number of aliphatic hydroxyl groups is 1. The van der Waals surface area contributed by atoms with Gasteiger partial charge in [-0.3, -0.25) is 9.59 Å². The van der Waals surface area contributed by atoms with Gasteiger partial charge in [-0.1, -0.05) is 42.5 Å². The number of carbonyl (C=O) groups is 3. The second-order valence-corrected chi connectivity index (χ2v) is 7.38. The minimum absolute atomic E-state index is 0.0975. The molecule has 0 aliphatic heterocycles. The molecule has 0 unspecified atom stereocenters. The predicted octanol–water partition coefficient (Wildman–Crippen LogP) is 2.89. The Morgan fingerprint density at radius 1 is 1.00 bits per heavy atom. The number of para-hydroxylation sites is 1. The number of ketones is 1. The highest BCUT2D eigenvalue weighted by molar-refractivity contribution is 5.91. The van der Waals surface area contributed by atoms with E-state index in [1.54, 1.807) is 54.6 Å². The zero-order valence-electron chi connectivity index (χ0n) is 16.8. The van der Waals surface area contributed by atoms with Crippen LogP contribution in [0.5, 0.6) is 5.75 Å². The van der Waals surface area contributed by atoms with E-state index in [0.29, 0.717) is 11.3 Å². The van der Waals surface area contributed by atoms with Crippen molar-refractivity contribution in [1.29, 1.82) is 0 Å². The lowest BCUT2D eigenvalue weighted by molar-refractivity contribution is -0.139. The fourth-order valence-electron chi connectivity index (χ4n) is 3.69. The lowest BCUT2D eigenvalue weighted by Gasteiger charge is -2.21. The van der Waals surface area contributed by atoms with E-state index >= 15 is 0 Å². The topological polar surface area (TPSA) is 110 Å². The van der Waals surface area contributed by atoms with Crippen molar-refractivity contribution >= 4 is 17.7 Å². The highest BCUT2D eigenvalue weighted by Gasteiger charge is 2.44. The van der Waals surface area contributed by atoms with Gasteiger partial charge in [0.15, 0.2) is 12.4 Å². The molecular weight excluding hydrogens is 400 g/mol. The Balaban J connectivity index is 1.69. The lowest BCUT2D eigenvalue weighted by atomic mass is 9.90. The molecule has 1 fully saturated rings. The third-order valence-corrected chi connectivity index (χ3v) is 5.20. The molecule has 0 bridgehead atoms. The molecule has 31 heavy (non-hydrogen) atoms. The van der Waals surface area contributed by atoms with E-state index in [9.17, 15) is 24.6 Å². The number of carbonyl (C=O) groups excluding carboxylic acids is 2. The van der Waals surface area contributed by atoms with E-state index in [1.165, 1.54) is 12.2 Å². The number of aliphatic carboxylic acids is 1. The maximum absolute atomic E-state index is 12.4. The molecule has 0 aromatic heterocycles. The Labute approximate surface area is 179 Å². The normalized spacial score (nSPS) is 22.9. The van der Waals surface area contributed by atoms with Crippen LogP contribution < -0.4 is 4.74 Å². The third kappa shape index (κ3) is 6.26. The van der Waals surface area contributed by atoms with Crippen LogP contribution in [0.2, 0.25) is 0 Å². The largest absolute Gasteiger partial charge is 0.485 e. The molecule has 1 aliphatic carbocycles. The summed E-state index contributed by atoms with van der Waals surface area (Å²) in [5.41, 5.74) is 0.355. The van der Waals surface area contributed by atoms with Gasteiger partial charge >= 0.3 is 11.9 Å². The molecule has 7 nitrogen and oxygen atoms in total. The maximum Gasteiger partial charge on any atom is 0.338 e. The summed E-state index contributed by atoms with van der Waals surface area (Å²) >= 11 is 0. The number of aliphatic hydroxyl groups excluding tert-OH is 1. The number of carboxylic acid groups (broad SMARTS) is 1. The van der Waals surface area contributed by atoms with E-state index in [-0.39, 0.29) is 25.2 Å². The molecule has 0 amide bonds. The van der Waals surface area contributed by atoms with Crippen molar-refractivity contribution in [2.24, 2.45) is 11.8 Å². The van der Waals surface area contributed by atoms with Crippen LogP contribution in [0.25, 0.3) is 0 Å². The Kier molecular flexibility index (Phi) is 7.56. The summed E-state index contributed by atoms with van der Waals surface area (Å²) in [6.45, 7) is -0.187. The van der Waals surface area contributed by atoms with E-state index in [2.05, 4.69) is 0 Å². The highest BCUT2D eigenvalue weighted by atomic mass is 16.5. The Morgan fingerprint density at radius 3 is 2.29 bits per heavy atom. The van der Waals surface area contributed by atoms with Gasteiger partial charge in [-0.2, -0.15) is 0 Å². The van der Waals surface area contributed by atoms with Gasteiger partial charge in [-0.25, -0.2) is 4.79 Å². The summed E-state index contributed by atoms with van der Waals surface area (Å²) in [5.74, 6) is -2.70. The molecule has 0 saturated heterocycles. The summed E-state index contributed by atoms with van der Waals surface area (Å²) in [4.78, 5) is 35.9. The van der Waals surface area contributed by atoms with Crippen LogP contribution in [0.15, 0.2) is 72.8 Å². The fourth-order valence-corrected chi connectivity index (χ4v) is 3.69. The molecule has 0 spiro atoms. The van der Waals surface area contributed by atoms with Crippen molar-refractivity contribution in [3.8, 4) is 5.75 Å². The van der Waals surface area contributed by atoms with Crippen LogP contribution in [-0.2, 0) is 14.3 Å². The van der Waals surface area contributed by atoms with Crippen molar-refractivity contribution < 1.29 is 34.1 Å². The van der Waals surface area contributed by atoms with Crippen LogP contribution in [0.4, 0.5) is 0 Å². The number of benzene rings is 2. The molecule has 1 saturated carbocycles. The van der Waals surface area contributed by atoms with Gasteiger partial charge in [0.1, 0.15) is 11.9 Å². The fraction of sp³-hybridized carbons (Fsp3) is 0.292. The molecular formula is C24H24O7. The van der Waals surface area contributed by atoms with Gasteiger partial charge in [0.2, 0.25) is 0 Å². The molecule has 162 valence electrons. The van der Waals surface area contributed by atoms with Gasteiger partial charge in [0, 0.05) is 18.3 Å². The van der Waals surface area contributed by atoms with Gasteiger partial charge in [0.25, 0.3) is 0 Å². The molecule has 4 atom stereocenters. The number of carboxylic acids is 1. The molecule has 0 radical (unpaired) electrons. The summed E-state index contributed by atoms with van der Waals surface area (Å²) < 4.78 is 11.0. The Hall–Kier alpha value is -3.45. The summed E-state index contributed by atoms with van der Waals surface area (Å²) in [7, 11) is 0. The maximum atomic E-state index is 12.4. The first-order valence-electron chi connectivity index (χ1n) is 9.99. The molecule has 1 aliphatic rings. The molecule has 2 aromatic carbocycles. The second kappa shape index (κ2) is 10.5. The summed E-state index contributed by atoms with van der Waals surface area (Å²) in [6, 6.07) is 17.3. The van der Waals surface area contributed by atoms with Crippen molar-refractivity contribution in [3.63, 3.8) is 0 Å². The van der Waals surface area contributed by atoms with Crippen LogP contribution in [0.1, 0.15) is 23.2 Å². The molecule has 2 aromatic rings. The molecule has 0 heterocycles. The van der Waals surface area contributed by atoms with Crippen molar-refractivity contribution in [1.82, 2.24) is 0 Å². The number of esters is 1. The Bertz CT molecular complexity index is 923. The SMILES string of the molecule is O=C(O)C[C@H]1[C@H](C=CC(=O)COc2ccccc2)[C@@H](OC(=O)c2ccccc2)C[C@H]1O. The first kappa shape index (κ1) is 22.2. The average Bonchev–Trinajstić information content (AvgIpc) is 3.05. The predicted molar refractivity (Wildman–Crippen MR) is 112 cm³/mol. The quantitative estimate of drug-likeness (QED) is 0.470. The van der Waals surface area contributed by atoms with Crippen LogP contribution in [-0.4, -0.2) is 46.7 Å². The first-order valence-corrected chi connectivity index (χ1v) is 9.99. The highest BCUT2D eigenvalue weighted by Crippen LogP contribution is 2.38. The summed E-state index contributed by atoms with van der Waals surface area (Å²) in [6.07, 6.45) is 0.902. The van der Waals surface area contributed by atoms with E-state index in [0.717, 1.165) is 0 Å². The number of rotatable bonds is 9. The molecule has 3 rings (SSSR count). The number of ether oxygens (including phenoxy) is 2. The van der Waals surface area contributed by atoms with Crippen molar-refractivity contribution in [3.05, 3.63) is 78.4 Å². The van der Waals surface area contributed by atoms with Crippen LogP contribution in [0, 0.1) is 11.8 Å². The Morgan fingerprint density at radius 2 is 1.65 bits per heavy atom. The van der Waals surface area contributed by atoms with Crippen molar-refractivity contribution in [2.45, 2.75) is 25.0 Å². The van der Waals surface area contributed by atoms with Crippen molar-refractivity contribution in [2.75, 3.05) is 6.61 Å². The number of hydrogen-bond acceptors (Lipinski definition) is 6. The zero-order valence-corrected chi connectivity index (χ0v) is 16.8. The van der Waals surface area contributed by atoms with Gasteiger partial charge in [0.05, 0.1) is 18.1 Å². The molecule has 2 N–H and O–H groups in total. The van der Waals surface area contributed by atoms with Gasteiger partial charge < -0.3 is 19.7 Å². The lowest BCUT2D eigenvalue weighted by Crippen LogP contribution is -2.26. The average molecular weight is 424 g/mol. The number of hydrogen-bond donors (Lipinski definition) is 2. The van der Waals surface area contributed by atoms with E-state index < -0.39 is 36.0 Å². The monoisotopic (exact) mass is 424 g/mol. The summed E-state index contributed by atoms with van der Waals surface area (Å²) in [5, 5.41) is 19.6. The van der Waals surface area contributed by atoms with E-state index in [4.69, 9.17) is 9.47 Å². The van der Waals surface area contributed by atoms with E-state index in [1.807, 2.05) is 6.07 Å². The van der Waals surface area contributed by atoms with Crippen LogP contribution >= 0.6 is 0 Å². The minimum atomic E-state index is -1.07. The zero-order chi connectivity index (χ0) is 22.2. The van der Waals surface area contributed by atoms with Gasteiger partial charge in [-0.05, 0) is 30.3 Å². The smallest absolute Gasteiger partial charge is 0.338 e. The van der Waals surface area contributed by atoms with Crippen LogP contribution in [0.3, 0.4) is 0 Å². The second-order valence-electron chi connectivity index (χ2n) is 7.38. The molecule has 7 heteroatoms. The first-order chi connectivity index (χ1) is 14.9. The van der Waals surface area contributed by atoms with Gasteiger partial charge in [-0.15, -0.1) is 0 Å². The standard InChI is InChI=1S/C24H24O7/c25-17(15-30-18-9-5-2-6-10-18)11-12-19-20(13-23(27)28)21(26)14-22(19)31-24(29)16-7-3-1-4-8-16/h1-12,19-22,26H,13-15H2,(H,27,28)/t19-,20-,21+,22-/m0/s1. The minimum Gasteiger partial charge on any atom is -0.485 e.